The molecule has 0 aliphatic carbocycles. The van der Waals surface area contributed by atoms with Gasteiger partial charge in [0, 0.05) is 11.6 Å². The lowest BCUT2D eigenvalue weighted by molar-refractivity contribution is -0.115. The second-order valence-corrected chi connectivity index (χ2v) is 7.23. The highest BCUT2D eigenvalue weighted by atomic mass is 35.5. The molecule has 130 valence electrons. The van der Waals surface area contributed by atoms with Crippen LogP contribution in [0.15, 0.2) is 58.4 Å². The first kappa shape index (κ1) is 16.8. The SMILES string of the molecule is C[C@H](Sc1ncnc2c1oc1ccccc12)C(=O)Nc1cccnc1Cl. The van der Waals surface area contributed by atoms with Crippen LogP contribution < -0.4 is 5.32 Å². The van der Waals surface area contributed by atoms with Crippen LogP contribution in [0.25, 0.3) is 22.1 Å². The second kappa shape index (κ2) is 6.93. The summed E-state index contributed by atoms with van der Waals surface area (Å²) >= 11 is 7.29. The summed E-state index contributed by atoms with van der Waals surface area (Å²) in [5.74, 6) is -0.201. The maximum absolute atomic E-state index is 12.5. The van der Waals surface area contributed by atoms with Gasteiger partial charge in [0.1, 0.15) is 22.5 Å². The van der Waals surface area contributed by atoms with Crippen LogP contribution in [0.2, 0.25) is 5.15 Å². The summed E-state index contributed by atoms with van der Waals surface area (Å²) < 4.78 is 5.89. The molecule has 0 bridgehead atoms. The first-order valence-corrected chi connectivity index (χ1v) is 9.09. The maximum Gasteiger partial charge on any atom is 0.237 e. The summed E-state index contributed by atoms with van der Waals surface area (Å²) in [5, 5.41) is 4.15. The highest BCUT2D eigenvalue weighted by Crippen LogP contribution is 2.34. The summed E-state index contributed by atoms with van der Waals surface area (Å²) in [6.07, 6.45) is 3.05. The Morgan fingerprint density at radius 1 is 1.19 bits per heavy atom. The minimum atomic E-state index is -0.419. The van der Waals surface area contributed by atoms with E-state index < -0.39 is 5.25 Å². The van der Waals surface area contributed by atoms with Crippen molar-refractivity contribution in [3.63, 3.8) is 0 Å². The van der Waals surface area contributed by atoms with Gasteiger partial charge >= 0.3 is 0 Å². The van der Waals surface area contributed by atoms with Crippen molar-refractivity contribution in [1.29, 1.82) is 0 Å². The van der Waals surface area contributed by atoms with Crippen molar-refractivity contribution in [2.24, 2.45) is 0 Å². The van der Waals surface area contributed by atoms with E-state index in [1.165, 1.54) is 18.1 Å². The number of hydrogen-bond donors (Lipinski definition) is 1. The molecule has 0 unspecified atom stereocenters. The molecule has 4 rings (SSSR count). The van der Waals surface area contributed by atoms with Crippen LogP contribution in [0.3, 0.4) is 0 Å². The highest BCUT2D eigenvalue weighted by Gasteiger charge is 2.20. The Balaban J connectivity index is 1.60. The Morgan fingerprint density at radius 2 is 2.04 bits per heavy atom. The van der Waals surface area contributed by atoms with Gasteiger partial charge in [-0.25, -0.2) is 15.0 Å². The van der Waals surface area contributed by atoms with E-state index in [1.54, 1.807) is 25.3 Å². The molecule has 0 aliphatic rings. The van der Waals surface area contributed by atoms with Crippen LogP contribution in [0.4, 0.5) is 5.69 Å². The largest absolute Gasteiger partial charge is 0.451 e. The Kier molecular flexibility index (Phi) is 4.48. The van der Waals surface area contributed by atoms with Crippen LogP contribution in [-0.2, 0) is 4.79 Å². The fourth-order valence-corrected chi connectivity index (χ4v) is 3.54. The molecule has 4 aromatic rings. The summed E-state index contributed by atoms with van der Waals surface area (Å²) in [6.45, 7) is 1.79. The van der Waals surface area contributed by atoms with E-state index >= 15 is 0 Å². The number of halogens is 1. The predicted molar refractivity (Wildman–Crippen MR) is 103 cm³/mol. The Bertz CT molecular complexity index is 1110. The second-order valence-electron chi connectivity index (χ2n) is 5.55. The van der Waals surface area contributed by atoms with E-state index in [0.29, 0.717) is 16.3 Å². The third kappa shape index (κ3) is 3.11. The third-order valence-electron chi connectivity index (χ3n) is 3.80. The molecule has 0 fully saturated rings. The number of fused-ring (bicyclic) bond motifs is 3. The van der Waals surface area contributed by atoms with Gasteiger partial charge in [0.2, 0.25) is 5.91 Å². The number of thioether (sulfide) groups is 1. The minimum Gasteiger partial charge on any atom is -0.451 e. The van der Waals surface area contributed by atoms with Crippen molar-refractivity contribution >= 4 is 57.0 Å². The number of pyridine rings is 1. The average molecular weight is 385 g/mol. The summed E-state index contributed by atoms with van der Waals surface area (Å²) in [5.41, 5.74) is 2.53. The molecule has 6 nitrogen and oxygen atoms in total. The maximum atomic E-state index is 12.5. The summed E-state index contributed by atoms with van der Waals surface area (Å²) in [7, 11) is 0. The zero-order chi connectivity index (χ0) is 18.1. The topological polar surface area (TPSA) is 80.9 Å². The van der Waals surface area contributed by atoms with E-state index in [1.807, 2.05) is 24.3 Å². The van der Waals surface area contributed by atoms with Crippen LogP contribution >= 0.6 is 23.4 Å². The normalized spacial score (nSPS) is 12.4. The molecule has 0 spiro atoms. The van der Waals surface area contributed by atoms with Gasteiger partial charge in [0.15, 0.2) is 10.7 Å². The zero-order valence-electron chi connectivity index (χ0n) is 13.6. The number of amides is 1. The number of furan rings is 1. The molecule has 0 aliphatic heterocycles. The minimum absolute atomic E-state index is 0.201. The molecule has 26 heavy (non-hydrogen) atoms. The Labute approximate surface area is 158 Å². The number of carbonyl (C=O) groups is 1. The molecule has 8 heteroatoms. The van der Waals surface area contributed by atoms with Crippen LogP contribution in [0.1, 0.15) is 6.92 Å². The van der Waals surface area contributed by atoms with Gasteiger partial charge in [-0.15, -0.1) is 0 Å². The number of nitrogens with one attached hydrogen (secondary N) is 1. The molecule has 0 radical (unpaired) electrons. The standard InChI is InChI=1S/C18H13ClN4O2S/c1-10(17(24)23-12-6-4-8-20-16(12)19)26-18-15-14(21-9-22-18)11-5-2-3-7-13(11)25-15/h2-10H,1H3,(H,23,24)/t10-/m0/s1. The molecule has 1 N–H and O–H groups in total. The predicted octanol–water partition coefficient (Wildman–Crippen LogP) is 4.54. The van der Waals surface area contributed by atoms with Crippen LogP contribution in [0.5, 0.6) is 0 Å². The van der Waals surface area contributed by atoms with E-state index in [0.717, 1.165) is 16.5 Å². The van der Waals surface area contributed by atoms with Crippen molar-refractivity contribution in [1.82, 2.24) is 15.0 Å². The lowest BCUT2D eigenvalue weighted by atomic mass is 10.2. The van der Waals surface area contributed by atoms with E-state index in [9.17, 15) is 4.79 Å². The lowest BCUT2D eigenvalue weighted by Gasteiger charge is -2.12. The Morgan fingerprint density at radius 3 is 2.88 bits per heavy atom. The number of aromatic nitrogens is 3. The molecule has 3 heterocycles. The van der Waals surface area contributed by atoms with Gasteiger partial charge in [-0.05, 0) is 31.2 Å². The first-order valence-electron chi connectivity index (χ1n) is 7.84. The van der Waals surface area contributed by atoms with Gasteiger partial charge in [-0.3, -0.25) is 4.79 Å². The smallest absolute Gasteiger partial charge is 0.237 e. The average Bonchev–Trinajstić information content (AvgIpc) is 3.03. The van der Waals surface area contributed by atoms with E-state index in [-0.39, 0.29) is 11.1 Å². The number of benzene rings is 1. The summed E-state index contributed by atoms with van der Waals surface area (Å²) in [4.78, 5) is 25.0. The van der Waals surface area contributed by atoms with Crippen LogP contribution in [-0.4, -0.2) is 26.1 Å². The molecular weight excluding hydrogens is 372 g/mol. The number of hydrogen-bond acceptors (Lipinski definition) is 6. The first-order chi connectivity index (χ1) is 12.6. The van der Waals surface area contributed by atoms with Crippen molar-refractivity contribution in [3.05, 3.63) is 54.1 Å². The molecule has 0 saturated heterocycles. The van der Waals surface area contributed by atoms with Crippen molar-refractivity contribution < 1.29 is 9.21 Å². The number of carbonyl (C=O) groups excluding carboxylic acids is 1. The van der Waals surface area contributed by atoms with Crippen molar-refractivity contribution in [2.45, 2.75) is 17.2 Å². The fourth-order valence-electron chi connectivity index (χ4n) is 2.52. The number of para-hydroxylation sites is 1. The van der Waals surface area contributed by atoms with Gasteiger partial charge < -0.3 is 9.73 Å². The molecule has 0 saturated carbocycles. The Hall–Kier alpha value is -2.64. The van der Waals surface area contributed by atoms with Gasteiger partial charge in [-0.2, -0.15) is 0 Å². The summed E-state index contributed by atoms with van der Waals surface area (Å²) in [6, 6.07) is 11.1. The quantitative estimate of drug-likeness (QED) is 0.316. The van der Waals surface area contributed by atoms with Gasteiger partial charge in [-0.1, -0.05) is 35.5 Å². The van der Waals surface area contributed by atoms with E-state index in [4.69, 9.17) is 16.0 Å². The monoisotopic (exact) mass is 384 g/mol. The third-order valence-corrected chi connectivity index (χ3v) is 5.18. The van der Waals surface area contributed by atoms with Crippen molar-refractivity contribution in [2.75, 3.05) is 5.32 Å². The number of anilines is 1. The zero-order valence-corrected chi connectivity index (χ0v) is 15.2. The van der Waals surface area contributed by atoms with Gasteiger partial charge in [0.05, 0.1) is 10.9 Å². The molecule has 1 atom stereocenters. The highest BCUT2D eigenvalue weighted by molar-refractivity contribution is 8.00. The molecular formula is C18H13ClN4O2S. The van der Waals surface area contributed by atoms with E-state index in [2.05, 4.69) is 20.3 Å². The van der Waals surface area contributed by atoms with Crippen LogP contribution in [0, 0.1) is 0 Å². The molecule has 1 amide bonds. The fraction of sp³-hybridized carbons (Fsp3) is 0.111. The lowest BCUT2D eigenvalue weighted by Crippen LogP contribution is -2.22. The number of rotatable bonds is 4. The van der Waals surface area contributed by atoms with Gasteiger partial charge in [0.25, 0.3) is 0 Å². The molecule has 1 aromatic carbocycles. The molecule has 3 aromatic heterocycles. The van der Waals surface area contributed by atoms with Crippen molar-refractivity contribution in [3.8, 4) is 0 Å². The number of nitrogens with zero attached hydrogens (tertiary/aromatic N) is 3.